The molecule has 13 heavy (non-hydrogen) atoms. The number of nitrogens with one attached hydrogen (secondary N) is 1. The summed E-state index contributed by atoms with van der Waals surface area (Å²) in [6.45, 7) is 5.90. The maximum atomic E-state index is 7.11. The Bertz CT molecular complexity index is 168. The first-order chi connectivity index (χ1) is 6.18. The van der Waals surface area contributed by atoms with Crippen molar-refractivity contribution in [2.24, 2.45) is 11.7 Å². The Morgan fingerprint density at radius 1 is 1.62 bits per heavy atom. The predicted molar refractivity (Wildman–Crippen MR) is 56.0 cm³/mol. The van der Waals surface area contributed by atoms with Gasteiger partial charge in [0.15, 0.2) is 0 Å². The zero-order valence-corrected chi connectivity index (χ0v) is 8.55. The summed E-state index contributed by atoms with van der Waals surface area (Å²) in [4.78, 5) is 2.50. The number of rotatable bonds is 4. The van der Waals surface area contributed by atoms with Crippen LogP contribution in [-0.4, -0.2) is 30.4 Å². The minimum absolute atomic E-state index is 0.324. The number of amidine groups is 1. The van der Waals surface area contributed by atoms with E-state index in [-0.39, 0.29) is 0 Å². The Morgan fingerprint density at radius 3 is 3.00 bits per heavy atom. The van der Waals surface area contributed by atoms with Gasteiger partial charge in [-0.1, -0.05) is 6.92 Å². The van der Waals surface area contributed by atoms with E-state index in [4.69, 9.17) is 11.1 Å². The lowest BCUT2D eigenvalue weighted by Gasteiger charge is -2.30. The molecule has 3 nitrogen and oxygen atoms in total. The molecule has 0 bridgehead atoms. The van der Waals surface area contributed by atoms with Gasteiger partial charge in [0.05, 0.1) is 5.84 Å². The Balaban J connectivity index is 2.10. The van der Waals surface area contributed by atoms with E-state index in [0.717, 1.165) is 25.3 Å². The lowest BCUT2D eigenvalue weighted by Crippen LogP contribution is -2.35. The zero-order chi connectivity index (χ0) is 9.68. The van der Waals surface area contributed by atoms with Crippen LogP contribution in [0.15, 0.2) is 0 Å². The summed E-state index contributed by atoms with van der Waals surface area (Å²) in [6, 6.07) is 0. The van der Waals surface area contributed by atoms with Gasteiger partial charge >= 0.3 is 0 Å². The fraction of sp³-hybridized carbons (Fsp3) is 0.900. The lowest BCUT2D eigenvalue weighted by atomic mass is 10.0. The fourth-order valence-electron chi connectivity index (χ4n) is 1.98. The highest BCUT2D eigenvalue weighted by molar-refractivity contribution is 5.76. The summed E-state index contributed by atoms with van der Waals surface area (Å²) in [5.41, 5.74) is 5.30. The zero-order valence-electron chi connectivity index (χ0n) is 8.55. The molecule has 1 fully saturated rings. The number of hydrogen-bond acceptors (Lipinski definition) is 2. The molecule has 76 valence electrons. The largest absolute Gasteiger partial charge is 0.388 e. The number of piperidine rings is 1. The number of nitrogens with two attached hydrogens (primary N) is 1. The van der Waals surface area contributed by atoms with Gasteiger partial charge in [-0.25, -0.2) is 0 Å². The highest BCUT2D eigenvalue weighted by Gasteiger charge is 2.15. The van der Waals surface area contributed by atoms with Crippen LogP contribution in [0.25, 0.3) is 0 Å². The summed E-state index contributed by atoms with van der Waals surface area (Å²) in [6.07, 6.45) is 4.51. The summed E-state index contributed by atoms with van der Waals surface area (Å²) >= 11 is 0. The highest BCUT2D eigenvalue weighted by atomic mass is 15.1. The summed E-state index contributed by atoms with van der Waals surface area (Å²) in [5, 5.41) is 7.11. The van der Waals surface area contributed by atoms with Crippen LogP contribution in [0.5, 0.6) is 0 Å². The standard InChI is InChI=1S/C10H21N3/c1-9-4-2-6-13(8-9)7-3-5-10(11)12/h9H,2-8H2,1H3,(H3,11,12). The minimum atomic E-state index is 0.324. The normalized spacial score (nSPS) is 24.5. The van der Waals surface area contributed by atoms with Crippen molar-refractivity contribution in [3.05, 3.63) is 0 Å². The molecule has 1 unspecified atom stereocenters. The molecule has 0 aromatic heterocycles. The van der Waals surface area contributed by atoms with Crippen molar-refractivity contribution in [2.45, 2.75) is 32.6 Å². The maximum Gasteiger partial charge on any atom is 0.0905 e. The third-order valence-electron chi connectivity index (χ3n) is 2.66. The molecule has 1 aliphatic rings. The van der Waals surface area contributed by atoms with Gasteiger partial charge in [-0.2, -0.15) is 0 Å². The Hall–Kier alpha value is -0.570. The van der Waals surface area contributed by atoms with E-state index in [1.165, 1.54) is 25.9 Å². The third kappa shape index (κ3) is 4.27. The molecule has 1 aliphatic heterocycles. The number of hydrogen-bond donors (Lipinski definition) is 2. The average Bonchev–Trinajstić information content (AvgIpc) is 2.03. The first-order valence-electron chi connectivity index (χ1n) is 5.23. The Kier molecular flexibility index (Phi) is 4.22. The first kappa shape index (κ1) is 10.5. The number of likely N-dealkylation sites (tertiary alicyclic amines) is 1. The molecule has 0 aromatic carbocycles. The molecule has 0 aliphatic carbocycles. The fourth-order valence-corrected chi connectivity index (χ4v) is 1.98. The van der Waals surface area contributed by atoms with Crippen LogP contribution >= 0.6 is 0 Å². The van der Waals surface area contributed by atoms with Gasteiger partial charge in [0, 0.05) is 13.0 Å². The lowest BCUT2D eigenvalue weighted by molar-refractivity contribution is 0.183. The predicted octanol–water partition coefficient (Wildman–Crippen LogP) is 1.43. The molecule has 0 aromatic rings. The van der Waals surface area contributed by atoms with E-state index in [9.17, 15) is 0 Å². The van der Waals surface area contributed by atoms with Crippen LogP contribution in [0.3, 0.4) is 0 Å². The van der Waals surface area contributed by atoms with Gasteiger partial charge in [-0.05, 0) is 38.3 Å². The molecular formula is C10H21N3. The summed E-state index contributed by atoms with van der Waals surface area (Å²) in [5.74, 6) is 1.18. The molecule has 1 saturated heterocycles. The van der Waals surface area contributed by atoms with Crippen molar-refractivity contribution in [2.75, 3.05) is 19.6 Å². The topological polar surface area (TPSA) is 53.1 Å². The van der Waals surface area contributed by atoms with E-state index in [0.29, 0.717) is 5.84 Å². The van der Waals surface area contributed by atoms with Crippen molar-refractivity contribution in [1.82, 2.24) is 4.90 Å². The van der Waals surface area contributed by atoms with Crippen molar-refractivity contribution >= 4 is 5.84 Å². The molecule has 0 spiro atoms. The van der Waals surface area contributed by atoms with Crippen LogP contribution in [0.4, 0.5) is 0 Å². The Morgan fingerprint density at radius 2 is 2.38 bits per heavy atom. The second-order valence-electron chi connectivity index (χ2n) is 4.18. The molecule has 0 saturated carbocycles. The molecule has 1 rings (SSSR count). The van der Waals surface area contributed by atoms with E-state index >= 15 is 0 Å². The van der Waals surface area contributed by atoms with Crippen molar-refractivity contribution < 1.29 is 0 Å². The third-order valence-corrected chi connectivity index (χ3v) is 2.66. The summed E-state index contributed by atoms with van der Waals surface area (Å²) in [7, 11) is 0. The van der Waals surface area contributed by atoms with Crippen LogP contribution in [0, 0.1) is 11.3 Å². The molecular weight excluding hydrogens is 162 g/mol. The minimum Gasteiger partial charge on any atom is -0.388 e. The van der Waals surface area contributed by atoms with Gasteiger partial charge in [0.1, 0.15) is 0 Å². The average molecular weight is 183 g/mol. The SMILES string of the molecule is CC1CCCN(CCCC(=N)N)C1. The Labute approximate surface area is 80.8 Å². The summed E-state index contributed by atoms with van der Waals surface area (Å²) < 4.78 is 0. The van der Waals surface area contributed by atoms with E-state index in [1.54, 1.807) is 0 Å². The van der Waals surface area contributed by atoms with E-state index in [1.807, 2.05) is 0 Å². The second-order valence-corrected chi connectivity index (χ2v) is 4.18. The quantitative estimate of drug-likeness (QED) is 0.512. The maximum absolute atomic E-state index is 7.11. The van der Waals surface area contributed by atoms with E-state index < -0.39 is 0 Å². The smallest absolute Gasteiger partial charge is 0.0905 e. The molecule has 0 radical (unpaired) electrons. The van der Waals surface area contributed by atoms with Crippen LogP contribution in [0.1, 0.15) is 32.6 Å². The monoisotopic (exact) mass is 183 g/mol. The molecule has 1 heterocycles. The molecule has 1 atom stereocenters. The van der Waals surface area contributed by atoms with Gasteiger partial charge < -0.3 is 10.6 Å². The van der Waals surface area contributed by atoms with Crippen LogP contribution in [-0.2, 0) is 0 Å². The van der Waals surface area contributed by atoms with Crippen molar-refractivity contribution in [3.8, 4) is 0 Å². The number of nitrogens with zero attached hydrogens (tertiary/aromatic N) is 1. The molecule has 3 heteroatoms. The van der Waals surface area contributed by atoms with Gasteiger partial charge in [0.2, 0.25) is 0 Å². The van der Waals surface area contributed by atoms with E-state index in [2.05, 4.69) is 11.8 Å². The van der Waals surface area contributed by atoms with Crippen molar-refractivity contribution in [3.63, 3.8) is 0 Å². The second kappa shape index (κ2) is 5.22. The van der Waals surface area contributed by atoms with Gasteiger partial charge in [-0.15, -0.1) is 0 Å². The van der Waals surface area contributed by atoms with Crippen LogP contribution < -0.4 is 5.73 Å². The van der Waals surface area contributed by atoms with Gasteiger partial charge in [-0.3, -0.25) is 5.41 Å². The van der Waals surface area contributed by atoms with Gasteiger partial charge in [0.25, 0.3) is 0 Å². The van der Waals surface area contributed by atoms with Crippen molar-refractivity contribution in [1.29, 1.82) is 5.41 Å². The first-order valence-corrected chi connectivity index (χ1v) is 5.23. The highest BCUT2D eigenvalue weighted by Crippen LogP contribution is 2.15. The van der Waals surface area contributed by atoms with Crippen LogP contribution in [0.2, 0.25) is 0 Å². The molecule has 0 amide bonds. The molecule has 3 N–H and O–H groups in total.